The monoisotopic (exact) mass is 355 g/mol. The van der Waals surface area contributed by atoms with E-state index in [1.54, 1.807) is 31.3 Å². The van der Waals surface area contributed by atoms with E-state index in [2.05, 4.69) is 16.0 Å². The van der Waals surface area contributed by atoms with E-state index in [0.29, 0.717) is 15.6 Å². The number of likely N-dealkylation sites (N-methyl/N-ethyl adjacent to an activating group) is 1. The Kier molecular flexibility index (Phi) is 7.18. The number of nitrogens with one attached hydrogen (secondary N) is 4. The zero-order chi connectivity index (χ0) is 18.3. The molecular weight excluding hydrogens is 332 g/mol. The van der Waals surface area contributed by atoms with Crippen molar-refractivity contribution in [3.63, 3.8) is 0 Å². The summed E-state index contributed by atoms with van der Waals surface area (Å²) in [5.74, 6) is -0.729. The lowest BCUT2D eigenvalue weighted by Gasteiger charge is -2.20. The smallest absolute Gasteiger partial charge is 0.322 e. The van der Waals surface area contributed by atoms with Crippen LogP contribution in [0.3, 0.4) is 0 Å². The van der Waals surface area contributed by atoms with E-state index < -0.39 is 17.5 Å². The summed E-state index contributed by atoms with van der Waals surface area (Å²) in [7, 11) is 1.69. The minimum Gasteiger partial charge on any atom is -0.333 e. The summed E-state index contributed by atoms with van der Waals surface area (Å²) >= 11 is 5.97. The Balaban J connectivity index is 2.41. The van der Waals surface area contributed by atoms with Gasteiger partial charge in [0, 0.05) is 5.54 Å². The van der Waals surface area contributed by atoms with Crippen LogP contribution in [0, 0.1) is 0 Å². The zero-order valence-corrected chi connectivity index (χ0v) is 15.1. The predicted molar refractivity (Wildman–Crippen MR) is 93.1 cm³/mol. The summed E-state index contributed by atoms with van der Waals surface area (Å²) in [5.41, 5.74) is 0.0868. The number of para-hydroxylation sites is 1. The number of hydrogen-bond acceptors (Lipinski definition) is 3. The third kappa shape index (κ3) is 7.94. The molecule has 4 N–H and O–H groups in total. The van der Waals surface area contributed by atoms with Crippen LogP contribution in [0.2, 0.25) is 5.02 Å². The lowest BCUT2D eigenvalue weighted by atomic mass is 10.1. The summed E-state index contributed by atoms with van der Waals surface area (Å²) in [5, 5.41) is 7.99. The minimum absolute atomic E-state index is 0.00644. The van der Waals surface area contributed by atoms with Crippen molar-refractivity contribution in [3.8, 4) is 0 Å². The lowest BCUT2D eigenvalue weighted by Crippen LogP contribution is -3.11. The summed E-state index contributed by atoms with van der Waals surface area (Å²) in [6.07, 6.45) is 0. The molecule has 1 aromatic carbocycles. The maximum atomic E-state index is 12.0. The Hall–Kier alpha value is -2.12. The second kappa shape index (κ2) is 8.65. The van der Waals surface area contributed by atoms with Gasteiger partial charge in [-0.05, 0) is 32.9 Å². The van der Waals surface area contributed by atoms with Gasteiger partial charge in [0.25, 0.3) is 11.8 Å². The molecule has 1 atom stereocenters. The molecule has 1 rings (SSSR count). The average molecular weight is 356 g/mol. The molecule has 0 aromatic heterocycles. The number of carbonyl (C=O) groups excluding carboxylic acids is 3. The quantitative estimate of drug-likeness (QED) is 0.617. The maximum Gasteiger partial charge on any atom is 0.322 e. The zero-order valence-electron chi connectivity index (χ0n) is 14.3. The number of urea groups is 1. The van der Waals surface area contributed by atoms with E-state index in [9.17, 15) is 14.4 Å². The molecule has 1 aromatic rings. The fraction of sp³-hybridized carbons (Fsp3) is 0.438. The van der Waals surface area contributed by atoms with Crippen LogP contribution in [-0.2, 0) is 9.59 Å². The molecule has 24 heavy (non-hydrogen) atoms. The molecule has 132 valence electrons. The standard InChI is InChI=1S/C16H23ClN4O3/c1-16(2,3)20-15(24)19-14(23)10-21(4)9-13(22)18-12-8-6-5-7-11(12)17/h5-8H,9-10H2,1-4H3,(H,18,22)(H2,19,20,23,24)/p+1. The molecule has 0 spiro atoms. The van der Waals surface area contributed by atoms with Gasteiger partial charge in [0.05, 0.1) is 17.8 Å². The molecule has 0 radical (unpaired) electrons. The van der Waals surface area contributed by atoms with Gasteiger partial charge >= 0.3 is 6.03 Å². The first kappa shape index (κ1) is 19.9. The molecule has 0 fully saturated rings. The highest BCUT2D eigenvalue weighted by Gasteiger charge is 2.19. The molecule has 0 aliphatic heterocycles. The predicted octanol–water partition coefficient (Wildman–Crippen LogP) is 0.418. The van der Waals surface area contributed by atoms with Gasteiger partial charge in [0.15, 0.2) is 13.1 Å². The first-order valence-corrected chi connectivity index (χ1v) is 7.92. The minimum atomic E-state index is -0.555. The van der Waals surface area contributed by atoms with Crippen molar-refractivity contribution in [1.29, 1.82) is 0 Å². The summed E-state index contributed by atoms with van der Waals surface area (Å²) in [4.78, 5) is 36.0. The fourth-order valence-corrected chi connectivity index (χ4v) is 2.09. The topological polar surface area (TPSA) is 91.7 Å². The Bertz CT molecular complexity index is 614. The number of benzene rings is 1. The molecule has 4 amide bonds. The van der Waals surface area contributed by atoms with Crippen molar-refractivity contribution in [1.82, 2.24) is 10.6 Å². The van der Waals surface area contributed by atoms with Crippen molar-refractivity contribution in [2.45, 2.75) is 26.3 Å². The van der Waals surface area contributed by atoms with Gasteiger partial charge in [-0.15, -0.1) is 0 Å². The molecule has 0 bridgehead atoms. The van der Waals surface area contributed by atoms with Crippen molar-refractivity contribution < 1.29 is 19.3 Å². The number of halogens is 1. The average Bonchev–Trinajstić information content (AvgIpc) is 2.38. The van der Waals surface area contributed by atoms with E-state index >= 15 is 0 Å². The SMILES string of the molecule is C[NH+](CC(=O)NC(=O)NC(C)(C)C)CC(=O)Nc1ccccc1Cl. The Morgan fingerprint density at radius 2 is 1.67 bits per heavy atom. The van der Waals surface area contributed by atoms with Crippen LogP contribution in [0.5, 0.6) is 0 Å². The Morgan fingerprint density at radius 3 is 2.25 bits per heavy atom. The second-order valence-corrected chi connectivity index (χ2v) is 7.00. The fourth-order valence-electron chi connectivity index (χ4n) is 1.91. The largest absolute Gasteiger partial charge is 0.333 e. The number of anilines is 1. The van der Waals surface area contributed by atoms with Crippen LogP contribution < -0.4 is 20.9 Å². The molecule has 0 saturated heterocycles. The summed E-state index contributed by atoms with van der Waals surface area (Å²) in [6.45, 7) is 5.50. The van der Waals surface area contributed by atoms with Crippen LogP contribution in [0.15, 0.2) is 24.3 Å². The third-order valence-corrected chi connectivity index (χ3v) is 3.14. The molecular formula is C16H24ClN4O3+. The Labute approximate surface area is 146 Å². The van der Waals surface area contributed by atoms with E-state index in [4.69, 9.17) is 11.6 Å². The molecule has 0 saturated carbocycles. The number of amides is 4. The highest BCUT2D eigenvalue weighted by atomic mass is 35.5. The van der Waals surface area contributed by atoms with Gasteiger partial charge in [0.2, 0.25) is 0 Å². The molecule has 1 unspecified atom stereocenters. The Morgan fingerprint density at radius 1 is 1.08 bits per heavy atom. The first-order chi connectivity index (χ1) is 11.1. The van der Waals surface area contributed by atoms with Gasteiger partial charge in [-0.1, -0.05) is 23.7 Å². The first-order valence-electron chi connectivity index (χ1n) is 7.54. The number of carbonyl (C=O) groups is 3. The van der Waals surface area contributed by atoms with Crippen molar-refractivity contribution in [2.75, 3.05) is 25.5 Å². The van der Waals surface area contributed by atoms with E-state index in [-0.39, 0.29) is 19.0 Å². The van der Waals surface area contributed by atoms with Crippen molar-refractivity contribution in [3.05, 3.63) is 29.3 Å². The third-order valence-electron chi connectivity index (χ3n) is 2.81. The van der Waals surface area contributed by atoms with Gasteiger partial charge in [-0.3, -0.25) is 14.9 Å². The molecule has 7 nitrogen and oxygen atoms in total. The van der Waals surface area contributed by atoms with Crippen LogP contribution in [0.4, 0.5) is 10.5 Å². The summed E-state index contributed by atoms with van der Waals surface area (Å²) in [6, 6.07) is 6.34. The van der Waals surface area contributed by atoms with E-state index in [0.717, 1.165) is 0 Å². The van der Waals surface area contributed by atoms with Gasteiger partial charge < -0.3 is 15.5 Å². The molecule has 8 heteroatoms. The van der Waals surface area contributed by atoms with Crippen molar-refractivity contribution >= 4 is 35.1 Å². The van der Waals surface area contributed by atoms with Crippen LogP contribution >= 0.6 is 11.6 Å². The normalized spacial score (nSPS) is 12.2. The number of quaternary nitrogens is 1. The number of imide groups is 1. The van der Waals surface area contributed by atoms with E-state index in [1.165, 1.54) is 0 Å². The maximum absolute atomic E-state index is 12.0. The highest BCUT2D eigenvalue weighted by molar-refractivity contribution is 6.33. The van der Waals surface area contributed by atoms with Crippen molar-refractivity contribution in [2.24, 2.45) is 0 Å². The van der Waals surface area contributed by atoms with Gasteiger partial charge in [0.1, 0.15) is 0 Å². The second-order valence-electron chi connectivity index (χ2n) is 6.59. The number of rotatable bonds is 5. The molecule has 0 aliphatic rings. The van der Waals surface area contributed by atoms with E-state index in [1.807, 2.05) is 20.8 Å². The summed E-state index contributed by atoms with van der Waals surface area (Å²) < 4.78 is 0. The van der Waals surface area contributed by atoms with Gasteiger partial charge in [-0.2, -0.15) is 0 Å². The van der Waals surface area contributed by atoms with Crippen LogP contribution in [0.25, 0.3) is 0 Å². The van der Waals surface area contributed by atoms with Gasteiger partial charge in [-0.25, -0.2) is 4.79 Å². The molecule has 0 aliphatic carbocycles. The van der Waals surface area contributed by atoms with Crippen LogP contribution in [-0.4, -0.2) is 43.5 Å². The highest BCUT2D eigenvalue weighted by Crippen LogP contribution is 2.19. The lowest BCUT2D eigenvalue weighted by molar-refractivity contribution is -0.862. The molecule has 0 heterocycles. The van der Waals surface area contributed by atoms with Crippen LogP contribution in [0.1, 0.15) is 20.8 Å². The number of hydrogen-bond donors (Lipinski definition) is 4.